The second-order valence-electron chi connectivity index (χ2n) is 6.07. The summed E-state index contributed by atoms with van der Waals surface area (Å²) < 4.78 is 30.7. The van der Waals surface area contributed by atoms with Gasteiger partial charge < -0.3 is 8.75 Å². The summed E-state index contributed by atoms with van der Waals surface area (Å²) in [5.74, 6) is 0.360. The monoisotopic (exact) mass is 351 g/mol. The molecule has 0 N–H and O–H groups in total. The van der Waals surface area contributed by atoms with E-state index < -0.39 is 10.1 Å². The van der Waals surface area contributed by atoms with Gasteiger partial charge in [0.15, 0.2) is 5.75 Å². The highest BCUT2D eigenvalue weighted by Crippen LogP contribution is 2.35. The van der Waals surface area contributed by atoms with E-state index in [4.69, 9.17) is 4.18 Å². The van der Waals surface area contributed by atoms with Crippen molar-refractivity contribution in [2.45, 2.75) is 6.54 Å². The Bertz CT molecular complexity index is 1160. The van der Waals surface area contributed by atoms with Crippen LogP contribution in [0, 0.1) is 0 Å². The Kier molecular flexibility index (Phi) is 3.73. The van der Waals surface area contributed by atoms with Crippen molar-refractivity contribution in [2.24, 2.45) is 0 Å². The summed E-state index contributed by atoms with van der Waals surface area (Å²) in [4.78, 5) is 0. The normalized spacial score (nSPS) is 11.9. The first-order valence-electron chi connectivity index (χ1n) is 7.95. The second kappa shape index (κ2) is 5.93. The minimum Gasteiger partial charge on any atom is -0.382 e. The van der Waals surface area contributed by atoms with Crippen LogP contribution in [0.3, 0.4) is 0 Å². The lowest BCUT2D eigenvalue weighted by Crippen LogP contribution is -2.06. The van der Waals surface area contributed by atoms with E-state index >= 15 is 0 Å². The van der Waals surface area contributed by atoms with Gasteiger partial charge in [0.25, 0.3) is 0 Å². The van der Waals surface area contributed by atoms with Crippen LogP contribution in [0.25, 0.3) is 21.7 Å². The molecule has 0 saturated carbocycles. The smallest absolute Gasteiger partial charge is 0.306 e. The lowest BCUT2D eigenvalue weighted by atomic mass is 10.1. The zero-order valence-electron chi connectivity index (χ0n) is 13.7. The molecule has 0 bridgehead atoms. The highest BCUT2D eigenvalue weighted by Gasteiger charge is 2.14. The molecule has 0 aliphatic carbocycles. The highest BCUT2D eigenvalue weighted by atomic mass is 32.2. The molecule has 0 atom stereocenters. The number of fused-ring (bicyclic) bond motifs is 3. The molecule has 4 nitrogen and oxygen atoms in total. The van der Waals surface area contributed by atoms with Crippen molar-refractivity contribution < 1.29 is 12.6 Å². The Morgan fingerprint density at radius 2 is 1.56 bits per heavy atom. The fourth-order valence-corrected chi connectivity index (χ4v) is 3.62. The zero-order chi connectivity index (χ0) is 17.4. The number of nitrogens with zero attached hydrogens (tertiary/aromatic N) is 1. The molecule has 5 heteroatoms. The molecule has 4 aromatic rings. The molecule has 0 spiro atoms. The standard InChI is InChI=1S/C20H17NO3S/c1-25(22,23)24-20-13-19-17(16-9-5-6-10-18(16)20)11-12-21(19)14-15-7-3-2-4-8-15/h2-13H,14H2,1H3. The van der Waals surface area contributed by atoms with Crippen LogP contribution >= 0.6 is 0 Å². The number of benzene rings is 3. The molecule has 0 aliphatic rings. The van der Waals surface area contributed by atoms with E-state index in [9.17, 15) is 8.42 Å². The molecular weight excluding hydrogens is 334 g/mol. The number of hydrogen-bond donors (Lipinski definition) is 0. The van der Waals surface area contributed by atoms with Gasteiger partial charge in [-0.2, -0.15) is 8.42 Å². The van der Waals surface area contributed by atoms with E-state index in [1.807, 2.05) is 54.7 Å². The quantitative estimate of drug-likeness (QED) is 0.518. The van der Waals surface area contributed by atoms with E-state index in [-0.39, 0.29) is 0 Å². The van der Waals surface area contributed by atoms with Crippen LogP contribution in [-0.2, 0) is 16.7 Å². The Hall–Kier alpha value is -2.79. The van der Waals surface area contributed by atoms with Gasteiger partial charge in [0, 0.05) is 29.6 Å². The van der Waals surface area contributed by atoms with E-state index in [0.717, 1.165) is 27.9 Å². The molecule has 0 saturated heterocycles. The molecule has 0 unspecified atom stereocenters. The first-order valence-corrected chi connectivity index (χ1v) is 9.77. The highest BCUT2D eigenvalue weighted by molar-refractivity contribution is 7.86. The summed E-state index contributed by atoms with van der Waals surface area (Å²) in [5, 5.41) is 2.84. The van der Waals surface area contributed by atoms with Crippen LogP contribution in [0.4, 0.5) is 0 Å². The Morgan fingerprint density at radius 3 is 2.28 bits per heavy atom. The maximum absolute atomic E-state index is 11.7. The third-order valence-electron chi connectivity index (χ3n) is 4.19. The SMILES string of the molecule is CS(=O)(=O)Oc1cc2c(ccn2Cc2ccccc2)c2ccccc12. The molecule has 25 heavy (non-hydrogen) atoms. The Morgan fingerprint density at radius 1 is 0.880 bits per heavy atom. The first kappa shape index (κ1) is 15.7. The lowest BCUT2D eigenvalue weighted by molar-refractivity contribution is 0.496. The summed E-state index contributed by atoms with van der Waals surface area (Å²) in [6, 6.07) is 21.7. The minimum absolute atomic E-state index is 0.360. The summed E-state index contributed by atoms with van der Waals surface area (Å²) in [6.45, 7) is 0.709. The topological polar surface area (TPSA) is 48.3 Å². The van der Waals surface area contributed by atoms with Crippen molar-refractivity contribution in [1.82, 2.24) is 4.57 Å². The number of aromatic nitrogens is 1. The Balaban J connectivity index is 1.93. The maximum Gasteiger partial charge on any atom is 0.306 e. The molecule has 0 amide bonds. The van der Waals surface area contributed by atoms with Gasteiger partial charge in [-0.05, 0) is 17.0 Å². The van der Waals surface area contributed by atoms with Gasteiger partial charge in [0.2, 0.25) is 0 Å². The third kappa shape index (κ3) is 3.10. The third-order valence-corrected chi connectivity index (χ3v) is 4.68. The van der Waals surface area contributed by atoms with E-state index in [1.54, 1.807) is 0 Å². The van der Waals surface area contributed by atoms with Crippen molar-refractivity contribution in [1.29, 1.82) is 0 Å². The summed E-state index contributed by atoms with van der Waals surface area (Å²) in [5.41, 5.74) is 2.12. The predicted octanol–water partition coefficient (Wildman–Crippen LogP) is 4.18. The van der Waals surface area contributed by atoms with Crippen LogP contribution in [0.2, 0.25) is 0 Å². The fraction of sp³-hybridized carbons (Fsp3) is 0.100. The predicted molar refractivity (Wildman–Crippen MR) is 100 cm³/mol. The van der Waals surface area contributed by atoms with Gasteiger partial charge in [-0.1, -0.05) is 54.6 Å². The molecule has 1 heterocycles. The van der Waals surface area contributed by atoms with Crippen molar-refractivity contribution in [3.05, 3.63) is 78.5 Å². The van der Waals surface area contributed by atoms with Crippen molar-refractivity contribution in [2.75, 3.05) is 6.26 Å². The largest absolute Gasteiger partial charge is 0.382 e. The van der Waals surface area contributed by atoms with Gasteiger partial charge in [-0.15, -0.1) is 0 Å². The minimum atomic E-state index is -3.60. The van der Waals surface area contributed by atoms with Crippen molar-refractivity contribution in [3.63, 3.8) is 0 Å². The van der Waals surface area contributed by atoms with Crippen LogP contribution in [0.1, 0.15) is 5.56 Å². The van der Waals surface area contributed by atoms with Gasteiger partial charge in [0.1, 0.15) is 0 Å². The summed E-state index contributed by atoms with van der Waals surface area (Å²) in [7, 11) is -3.60. The molecule has 0 radical (unpaired) electrons. The van der Waals surface area contributed by atoms with E-state index in [0.29, 0.717) is 12.3 Å². The van der Waals surface area contributed by atoms with Crippen LogP contribution < -0.4 is 4.18 Å². The van der Waals surface area contributed by atoms with Gasteiger partial charge in [-0.3, -0.25) is 0 Å². The Labute approximate surface area is 146 Å². The van der Waals surface area contributed by atoms with Crippen LogP contribution in [-0.4, -0.2) is 19.2 Å². The summed E-state index contributed by atoms with van der Waals surface area (Å²) in [6.07, 6.45) is 3.09. The van der Waals surface area contributed by atoms with Crippen molar-refractivity contribution >= 4 is 31.8 Å². The second-order valence-corrected chi connectivity index (χ2v) is 7.64. The average Bonchev–Trinajstić information content (AvgIpc) is 2.98. The molecule has 126 valence electrons. The molecule has 0 aliphatic heterocycles. The van der Waals surface area contributed by atoms with Gasteiger partial charge in [-0.25, -0.2) is 0 Å². The van der Waals surface area contributed by atoms with Crippen molar-refractivity contribution in [3.8, 4) is 5.75 Å². The van der Waals surface area contributed by atoms with Crippen LogP contribution in [0.5, 0.6) is 5.75 Å². The van der Waals surface area contributed by atoms with E-state index in [1.165, 1.54) is 5.56 Å². The van der Waals surface area contributed by atoms with Crippen LogP contribution in [0.15, 0.2) is 72.9 Å². The molecule has 4 rings (SSSR count). The van der Waals surface area contributed by atoms with E-state index in [2.05, 4.69) is 22.8 Å². The molecular formula is C20H17NO3S. The maximum atomic E-state index is 11.7. The summed E-state index contributed by atoms with van der Waals surface area (Å²) >= 11 is 0. The first-order chi connectivity index (χ1) is 12.0. The fourth-order valence-electron chi connectivity index (χ4n) is 3.16. The van der Waals surface area contributed by atoms with Gasteiger partial charge >= 0.3 is 10.1 Å². The zero-order valence-corrected chi connectivity index (χ0v) is 14.5. The molecule has 0 fully saturated rings. The average molecular weight is 351 g/mol. The molecule has 1 aromatic heterocycles. The molecule has 3 aromatic carbocycles. The number of hydrogen-bond acceptors (Lipinski definition) is 3. The van der Waals surface area contributed by atoms with Gasteiger partial charge in [0.05, 0.1) is 11.8 Å². The lowest BCUT2D eigenvalue weighted by Gasteiger charge is -2.11. The number of rotatable bonds is 4.